The van der Waals surface area contributed by atoms with Crippen LogP contribution in [0.3, 0.4) is 0 Å². The van der Waals surface area contributed by atoms with Crippen LogP contribution in [0.2, 0.25) is 0 Å². The van der Waals surface area contributed by atoms with Crippen molar-refractivity contribution < 1.29 is 17.9 Å². The van der Waals surface area contributed by atoms with E-state index < -0.39 is 10.0 Å². The maximum absolute atomic E-state index is 13.6. The van der Waals surface area contributed by atoms with E-state index in [1.54, 1.807) is 21.3 Å². The third-order valence-corrected chi connectivity index (χ3v) is 9.34. The maximum Gasteiger partial charge on any atom is 0.260 e. The van der Waals surface area contributed by atoms with Crippen molar-refractivity contribution in [3.8, 4) is 5.75 Å². The molecule has 0 unspecified atom stereocenters. The van der Waals surface area contributed by atoms with Gasteiger partial charge in [0.25, 0.3) is 5.91 Å². The van der Waals surface area contributed by atoms with Gasteiger partial charge in [-0.15, -0.1) is 0 Å². The van der Waals surface area contributed by atoms with Gasteiger partial charge in [0.2, 0.25) is 10.0 Å². The van der Waals surface area contributed by atoms with Crippen molar-refractivity contribution in [2.45, 2.75) is 31.6 Å². The number of anilines is 1. The number of carbonyl (C=O) groups excluding carboxylic acids is 1. The normalized spacial score (nSPS) is 15.5. The largest absolute Gasteiger partial charge is 0.494 e. The molecule has 0 spiro atoms. The Bertz CT molecular complexity index is 1300. The van der Waals surface area contributed by atoms with Crippen LogP contribution in [0.5, 0.6) is 5.75 Å². The molecule has 2 heterocycles. The highest BCUT2D eigenvalue weighted by Crippen LogP contribution is 2.32. The Morgan fingerprint density at radius 1 is 1.11 bits per heavy atom. The van der Waals surface area contributed by atoms with E-state index >= 15 is 0 Å². The van der Waals surface area contributed by atoms with Gasteiger partial charge in [0.05, 0.1) is 21.7 Å². The first-order chi connectivity index (χ1) is 17.2. The van der Waals surface area contributed by atoms with Crippen LogP contribution in [0, 0.1) is 5.92 Å². The Labute approximate surface area is 217 Å². The molecular weight excluding hydrogens is 496 g/mol. The molecule has 3 aromatic rings. The fourth-order valence-corrected chi connectivity index (χ4v) is 6.64. The van der Waals surface area contributed by atoms with Crippen LogP contribution in [-0.2, 0) is 10.0 Å². The van der Waals surface area contributed by atoms with Crippen LogP contribution in [0.1, 0.15) is 37.0 Å². The van der Waals surface area contributed by atoms with Crippen LogP contribution in [0.4, 0.5) is 5.13 Å². The quantitative estimate of drug-likeness (QED) is 0.410. The predicted octanol–water partition coefficient (Wildman–Crippen LogP) is 4.32. The highest BCUT2D eigenvalue weighted by molar-refractivity contribution is 7.89. The number of rotatable bonds is 9. The smallest absolute Gasteiger partial charge is 0.260 e. The van der Waals surface area contributed by atoms with E-state index in [4.69, 9.17) is 9.72 Å². The lowest BCUT2D eigenvalue weighted by Gasteiger charge is -2.29. The average molecular weight is 531 g/mol. The second-order valence-electron chi connectivity index (χ2n) is 9.43. The summed E-state index contributed by atoms with van der Waals surface area (Å²) < 4.78 is 34.3. The van der Waals surface area contributed by atoms with Crippen molar-refractivity contribution in [3.63, 3.8) is 0 Å². The van der Waals surface area contributed by atoms with E-state index in [-0.39, 0.29) is 10.8 Å². The number of thiazole rings is 1. The topological polar surface area (TPSA) is 83.0 Å². The molecule has 10 heteroatoms. The van der Waals surface area contributed by atoms with Gasteiger partial charge < -0.3 is 9.64 Å². The maximum atomic E-state index is 13.6. The van der Waals surface area contributed by atoms with E-state index in [0.717, 1.165) is 28.8 Å². The first-order valence-electron chi connectivity index (χ1n) is 12.3. The van der Waals surface area contributed by atoms with E-state index in [2.05, 4.69) is 6.92 Å². The molecule has 36 heavy (non-hydrogen) atoms. The van der Waals surface area contributed by atoms with Gasteiger partial charge in [0.15, 0.2) is 5.13 Å². The lowest BCUT2D eigenvalue weighted by Crippen LogP contribution is -2.38. The van der Waals surface area contributed by atoms with E-state index in [1.807, 2.05) is 44.1 Å². The van der Waals surface area contributed by atoms with E-state index in [9.17, 15) is 13.2 Å². The van der Waals surface area contributed by atoms with Gasteiger partial charge >= 0.3 is 0 Å². The summed E-state index contributed by atoms with van der Waals surface area (Å²) in [7, 11) is 0.341. The number of nitrogens with zero attached hydrogens (tertiary/aromatic N) is 4. The molecule has 1 aliphatic heterocycles. The monoisotopic (exact) mass is 530 g/mol. The number of sulfonamides is 1. The summed E-state index contributed by atoms with van der Waals surface area (Å²) in [5.41, 5.74) is 1.23. The molecule has 1 fully saturated rings. The molecule has 0 saturated carbocycles. The number of benzene rings is 2. The summed E-state index contributed by atoms with van der Waals surface area (Å²) >= 11 is 1.44. The standard InChI is InChI=1S/C26H34N4O4S2/c1-5-34-21-8-11-23-24(18-21)35-26(27-23)30(17-16-28(3)4)25(31)20-6-9-22(10-7-20)36(32,33)29-14-12-19(2)13-15-29/h6-11,18-19H,5,12-17H2,1-4H3. The molecule has 1 aliphatic rings. The molecule has 194 valence electrons. The number of amides is 1. The summed E-state index contributed by atoms with van der Waals surface area (Å²) in [6.45, 7) is 6.84. The number of ether oxygens (including phenoxy) is 1. The minimum absolute atomic E-state index is 0.211. The van der Waals surface area contributed by atoms with Crippen LogP contribution in [-0.4, -0.2) is 75.4 Å². The zero-order valence-corrected chi connectivity index (χ0v) is 22.9. The van der Waals surface area contributed by atoms with E-state index in [0.29, 0.717) is 49.4 Å². The molecule has 0 aliphatic carbocycles. The zero-order chi connectivity index (χ0) is 25.9. The third-order valence-electron chi connectivity index (χ3n) is 6.39. The number of carbonyl (C=O) groups is 1. The molecule has 0 bridgehead atoms. The number of fused-ring (bicyclic) bond motifs is 1. The third kappa shape index (κ3) is 5.88. The molecule has 1 amide bonds. The summed E-state index contributed by atoms with van der Waals surface area (Å²) in [6.07, 6.45) is 1.73. The van der Waals surface area contributed by atoms with E-state index in [1.165, 1.54) is 23.5 Å². The van der Waals surface area contributed by atoms with Crippen molar-refractivity contribution in [1.82, 2.24) is 14.2 Å². The van der Waals surface area contributed by atoms with Gasteiger partial charge in [-0.05, 0) is 82.2 Å². The van der Waals surface area contributed by atoms with Crippen LogP contribution >= 0.6 is 11.3 Å². The first-order valence-corrected chi connectivity index (χ1v) is 14.5. The molecule has 1 aromatic heterocycles. The summed E-state index contributed by atoms with van der Waals surface area (Å²) in [6, 6.07) is 12.0. The minimum atomic E-state index is -3.57. The Kier molecular flexibility index (Phi) is 8.29. The highest BCUT2D eigenvalue weighted by atomic mass is 32.2. The number of aromatic nitrogens is 1. The molecule has 4 rings (SSSR count). The SMILES string of the molecule is CCOc1ccc2nc(N(CCN(C)C)C(=O)c3ccc(S(=O)(=O)N4CCC(C)CC4)cc3)sc2c1. The Morgan fingerprint density at radius 2 is 1.81 bits per heavy atom. The van der Waals surface area contributed by atoms with Crippen LogP contribution < -0.4 is 9.64 Å². The molecule has 1 saturated heterocycles. The lowest BCUT2D eigenvalue weighted by molar-refractivity contribution is 0.0985. The fourth-order valence-electron chi connectivity index (χ4n) is 4.15. The van der Waals surface area contributed by atoms with Gasteiger partial charge in [-0.3, -0.25) is 9.69 Å². The molecule has 2 aromatic carbocycles. The predicted molar refractivity (Wildman–Crippen MR) is 145 cm³/mol. The van der Waals surface area contributed by atoms with Gasteiger partial charge in [-0.25, -0.2) is 13.4 Å². The highest BCUT2D eigenvalue weighted by Gasteiger charge is 2.29. The number of piperidine rings is 1. The van der Waals surface area contributed by atoms with Crippen molar-refractivity contribution >= 4 is 42.6 Å². The van der Waals surface area contributed by atoms with Gasteiger partial charge in [-0.1, -0.05) is 18.3 Å². The second-order valence-corrected chi connectivity index (χ2v) is 12.4. The van der Waals surface area contributed by atoms with Gasteiger partial charge in [0.1, 0.15) is 5.75 Å². The molecule has 0 N–H and O–H groups in total. The average Bonchev–Trinajstić information content (AvgIpc) is 3.27. The summed E-state index contributed by atoms with van der Waals surface area (Å²) in [5, 5.41) is 0.602. The number of hydrogen-bond acceptors (Lipinski definition) is 7. The van der Waals surface area contributed by atoms with Crippen molar-refractivity contribution in [3.05, 3.63) is 48.0 Å². The molecule has 8 nitrogen and oxygen atoms in total. The van der Waals surface area contributed by atoms with Gasteiger partial charge in [0, 0.05) is 31.7 Å². The number of likely N-dealkylation sites (N-methyl/N-ethyl adjacent to an activating group) is 1. The van der Waals surface area contributed by atoms with Crippen molar-refractivity contribution in [2.24, 2.45) is 5.92 Å². The molecule has 0 radical (unpaired) electrons. The van der Waals surface area contributed by atoms with Crippen molar-refractivity contribution in [2.75, 3.05) is 51.8 Å². The Hall–Kier alpha value is -2.53. The van der Waals surface area contributed by atoms with Gasteiger partial charge in [-0.2, -0.15) is 4.31 Å². The second kappa shape index (κ2) is 11.2. The Balaban J connectivity index is 1.59. The van der Waals surface area contributed by atoms with Crippen molar-refractivity contribution in [1.29, 1.82) is 0 Å². The summed E-state index contributed by atoms with van der Waals surface area (Å²) in [4.78, 5) is 22.2. The fraction of sp³-hybridized carbons (Fsp3) is 0.462. The van der Waals surface area contributed by atoms with Crippen LogP contribution in [0.15, 0.2) is 47.4 Å². The Morgan fingerprint density at radius 3 is 2.44 bits per heavy atom. The zero-order valence-electron chi connectivity index (χ0n) is 21.3. The summed E-state index contributed by atoms with van der Waals surface area (Å²) in [5.74, 6) is 1.10. The first kappa shape index (κ1) is 26.5. The minimum Gasteiger partial charge on any atom is -0.494 e. The molecular formula is C26H34N4O4S2. The van der Waals surface area contributed by atoms with Crippen LogP contribution in [0.25, 0.3) is 10.2 Å². The molecule has 0 atom stereocenters. The number of hydrogen-bond donors (Lipinski definition) is 0. The lowest BCUT2D eigenvalue weighted by atomic mass is 10.0.